The summed E-state index contributed by atoms with van der Waals surface area (Å²) in [6, 6.07) is 1.94. The Morgan fingerprint density at radius 2 is 1.81 bits per heavy atom. The number of carboxylic acids is 1. The molecule has 2 aromatic rings. The highest BCUT2D eigenvalue weighted by molar-refractivity contribution is 6.04. The molecule has 0 saturated heterocycles. The largest absolute Gasteiger partial charge is 0.478 e. The van der Waals surface area contributed by atoms with Crippen LogP contribution in [0.1, 0.15) is 60.1 Å². The maximum atomic E-state index is 14.1. The number of benzene rings is 1. The molecule has 0 bridgehead atoms. The smallest absolute Gasteiger partial charge is 0.336 e. The first kappa shape index (κ1) is 13.9. The molecule has 0 amide bonds. The van der Waals surface area contributed by atoms with Crippen molar-refractivity contribution in [3.63, 3.8) is 0 Å². The van der Waals surface area contributed by atoms with Crippen molar-refractivity contribution in [3.8, 4) is 0 Å². The van der Waals surface area contributed by atoms with Gasteiger partial charge in [0.05, 0.1) is 10.9 Å². The van der Waals surface area contributed by atoms with Gasteiger partial charge in [0.1, 0.15) is 17.2 Å². The second kappa shape index (κ2) is 4.76. The second-order valence-corrected chi connectivity index (χ2v) is 5.72. The molecule has 21 heavy (non-hydrogen) atoms. The van der Waals surface area contributed by atoms with E-state index in [0.717, 1.165) is 25.0 Å². The van der Waals surface area contributed by atoms with Gasteiger partial charge in [-0.3, -0.25) is 0 Å². The molecule has 3 rings (SSSR count). The number of halogens is 2. The normalized spacial score (nSPS) is 21.3. The third-order valence-corrected chi connectivity index (χ3v) is 4.31. The minimum absolute atomic E-state index is 0.0260. The van der Waals surface area contributed by atoms with Crippen LogP contribution in [-0.2, 0) is 0 Å². The van der Waals surface area contributed by atoms with Gasteiger partial charge >= 0.3 is 5.97 Å². The lowest BCUT2D eigenvalue weighted by Crippen LogP contribution is -2.19. The van der Waals surface area contributed by atoms with Crippen LogP contribution in [-0.4, -0.2) is 16.1 Å². The third kappa shape index (κ3) is 1.99. The van der Waals surface area contributed by atoms with E-state index in [1.54, 1.807) is 0 Å². The zero-order chi connectivity index (χ0) is 15.3. The van der Waals surface area contributed by atoms with Crippen molar-refractivity contribution in [2.45, 2.75) is 38.5 Å². The van der Waals surface area contributed by atoms with E-state index in [0.29, 0.717) is 11.3 Å². The van der Waals surface area contributed by atoms with E-state index in [1.807, 2.05) is 13.8 Å². The molecule has 110 valence electrons. The molecule has 3 nitrogen and oxygen atoms in total. The topological polar surface area (TPSA) is 50.2 Å². The summed E-state index contributed by atoms with van der Waals surface area (Å²) in [5.74, 6) is -2.65. The van der Waals surface area contributed by atoms with Crippen LogP contribution in [0.25, 0.3) is 10.9 Å². The number of aromatic nitrogens is 1. The zero-order valence-corrected chi connectivity index (χ0v) is 11.8. The van der Waals surface area contributed by atoms with Crippen LogP contribution in [0.2, 0.25) is 0 Å². The van der Waals surface area contributed by atoms with Gasteiger partial charge in [-0.05, 0) is 42.4 Å². The molecule has 0 spiro atoms. The van der Waals surface area contributed by atoms with E-state index in [-0.39, 0.29) is 28.3 Å². The molecule has 5 heteroatoms. The monoisotopic (exact) mass is 291 g/mol. The van der Waals surface area contributed by atoms with Crippen LogP contribution in [0.4, 0.5) is 8.78 Å². The minimum atomic E-state index is -1.23. The van der Waals surface area contributed by atoms with Gasteiger partial charge in [-0.2, -0.15) is 0 Å². The summed E-state index contributed by atoms with van der Waals surface area (Å²) in [5.41, 5.74) is 0.819. The first-order valence-electron chi connectivity index (χ1n) is 6.96. The lowest BCUT2D eigenvalue weighted by Gasteiger charge is -2.28. The summed E-state index contributed by atoms with van der Waals surface area (Å²) >= 11 is 0. The molecule has 0 fully saturated rings. The lowest BCUT2D eigenvalue weighted by atomic mass is 9.78. The highest BCUT2D eigenvalue weighted by Crippen LogP contribution is 2.42. The molecule has 1 heterocycles. The molecule has 0 saturated carbocycles. The summed E-state index contributed by atoms with van der Waals surface area (Å²) in [6.45, 7) is 3.84. The number of aromatic carboxylic acids is 1. The SMILES string of the molecule is CC1CCC(C)c2c1nc1c(F)ccc(F)c1c2C(=O)O. The number of carboxylic acid groups (broad SMARTS) is 1. The summed E-state index contributed by atoms with van der Waals surface area (Å²) in [5, 5.41) is 9.32. The van der Waals surface area contributed by atoms with Gasteiger partial charge in [-0.15, -0.1) is 0 Å². The predicted molar refractivity (Wildman–Crippen MR) is 74.7 cm³/mol. The van der Waals surface area contributed by atoms with Crippen LogP contribution >= 0.6 is 0 Å². The Balaban J connectivity index is 2.53. The average Bonchev–Trinajstić information content (AvgIpc) is 2.45. The van der Waals surface area contributed by atoms with Crippen molar-refractivity contribution < 1.29 is 18.7 Å². The highest BCUT2D eigenvalue weighted by Gasteiger charge is 2.31. The number of hydrogen-bond acceptors (Lipinski definition) is 2. The van der Waals surface area contributed by atoms with Crippen LogP contribution in [0.3, 0.4) is 0 Å². The van der Waals surface area contributed by atoms with E-state index in [4.69, 9.17) is 0 Å². The summed E-state index contributed by atoms with van der Waals surface area (Å²) in [4.78, 5) is 16.0. The van der Waals surface area contributed by atoms with Crippen molar-refractivity contribution >= 4 is 16.9 Å². The fraction of sp³-hybridized carbons (Fsp3) is 0.375. The van der Waals surface area contributed by atoms with Crippen molar-refractivity contribution in [2.75, 3.05) is 0 Å². The molecule has 1 aromatic carbocycles. The molecule has 2 atom stereocenters. The standard InChI is InChI=1S/C16H15F2NO2/c1-7-3-4-8(2)14-11(7)13(16(20)21)12-9(17)5-6-10(18)15(12)19-14/h5-8H,3-4H2,1-2H3,(H,20,21). The Bertz CT molecular complexity index is 758. The molecule has 1 aromatic heterocycles. The number of hydrogen-bond donors (Lipinski definition) is 1. The molecular formula is C16H15F2NO2. The Morgan fingerprint density at radius 3 is 2.48 bits per heavy atom. The quantitative estimate of drug-likeness (QED) is 0.856. The molecule has 2 unspecified atom stereocenters. The fourth-order valence-electron chi connectivity index (χ4n) is 3.21. The number of carbonyl (C=O) groups is 1. The first-order valence-corrected chi connectivity index (χ1v) is 6.96. The maximum Gasteiger partial charge on any atom is 0.336 e. The van der Waals surface area contributed by atoms with E-state index in [9.17, 15) is 18.7 Å². The highest BCUT2D eigenvalue weighted by atomic mass is 19.1. The van der Waals surface area contributed by atoms with Gasteiger partial charge < -0.3 is 5.11 Å². The first-order chi connectivity index (χ1) is 9.91. The molecule has 1 aliphatic carbocycles. The van der Waals surface area contributed by atoms with E-state index in [2.05, 4.69) is 4.98 Å². The number of pyridine rings is 1. The van der Waals surface area contributed by atoms with Crippen LogP contribution in [0.5, 0.6) is 0 Å². The molecule has 0 radical (unpaired) electrons. The number of nitrogens with zero attached hydrogens (tertiary/aromatic N) is 1. The molecule has 1 N–H and O–H groups in total. The Kier molecular flexibility index (Phi) is 3.15. The van der Waals surface area contributed by atoms with Gasteiger partial charge in [-0.25, -0.2) is 18.6 Å². The van der Waals surface area contributed by atoms with Gasteiger partial charge in [0.2, 0.25) is 0 Å². The third-order valence-electron chi connectivity index (χ3n) is 4.31. The number of fused-ring (bicyclic) bond motifs is 2. The predicted octanol–water partition coefficient (Wildman–Crippen LogP) is 4.21. The minimum Gasteiger partial charge on any atom is -0.478 e. The van der Waals surface area contributed by atoms with Crippen LogP contribution < -0.4 is 0 Å². The lowest BCUT2D eigenvalue weighted by molar-refractivity contribution is 0.0696. The van der Waals surface area contributed by atoms with Crippen molar-refractivity contribution in [1.29, 1.82) is 0 Å². The summed E-state index contributed by atoms with van der Waals surface area (Å²) in [7, 11) is 0. The Hall–Kier alpha value is -2.04. The summed E-state index contributed by atoms with van der Waals surface area (Å²) < 4.78 is 28.1. The number of rotatable bonds is 1. The maximum absolute atomic E-state index is 14.1. The summed E-state index contributed by atoms with van der Waals surface area (Å²) in [6.07, 6.45) is 1.68. The Labute approximate surface area is 120 Å². The van der Waals surface area contributed by atoms with Crippen molar-refractivity contribution in [1.82, 2.24) is 4.98 Å². The van der Waals surface area contributed by atoms with Gasteiger partial charge in [0.25, 0.3) is 0 Å². The van der Waals surface area contributed by atoms with Crippen molar-refractivity contribution in [3.05, 3.63) is 40.6 Å². The fourth-order valence-corrected chi connectivity index (χ4v) is 3.21. The van der Waals surface area contributed by atoms with Gasteiger partial charge in [-0.1, -0.05) is 13.8 Å². The average molecular weight is 291 g/mol. The Morgan fingerprint density at radius 1 is 1.19 bits per heavy atom. The van der Waals surface area contributed by atoms with E-state index in [1.165, 1.54) is 0 Å². The van der Waals surface area contributed by atoms with E-state index >= 15 is 0 Å². The van der Waals surface area contributed by atoms with Gasteiger partial charge in [0, 0.05) is 5.69 Å². The van der Waals surface area contributed by atoms with Gasteiger partial charge in [0.15, 0.2) is 0 Å². The van der Waals surface area contributed by atoms with Crippen LogP contribution in [0.15, 0.2) is 12.1 Å². The zero-order valence-electron chi connectivity index (χ0n) is 11.8. The second-order valence-electron chi connectivity index (χ2n) is 5.72. The molecular weight excluding hydrogens is 276 g/mol. The van der Waals surface area contributed by atoms with E-state index < -0.39 is 17.6 Å². The molecule has 1 aliphatic rings. The molecule has 0 aliphatic heterocycles. The van der Waals surface area contributed by atoms with Crippen LogP contribution in [0, 0.1) is 11.6 Å². The van der Waals surface area contributed by atoms with Crippen molar-refractivity contribution in [2.24, 2.45) is 0 Å².